The summed E-state index contributed by atoms with van der Waals surface area (Å²) in [6, 6.07) is 16.8. The van der Waals surface area contributed by atoms with E-state index in [1.807, 2.05) is 13.0 Å². The zero-order valence-electron chi connectivity index (χ0n) is 18.0. The number of benzene rings is 2. The molecule has 0 saturated heterocycles. The molecule has 1 aliphatic heterocycles. The number of aromatic amines is 1. The number of hydrogen-bond donors (Lipinski definition) is 1. The van der Waals surface area contributed by atoms with Gasteiger partial charge in [0.05, 0.1) is 18.9 Å². The Bertz CT molecular complexity index is 952. The Hall–Kier alpha value is -2.79. The molecule has 3 aromatic rings. The third-order valence-electron chi connectivity index (χ3n) is 5.53. The van der Waals surface area contributed by atoms with Crippen molar-refractivity contribution in [2.75, 3.05) is 19.8 Å². The maximum Gasteiger partial charge on any atom is 0.161 e. The van der Waals surface area contributed by atoms with Crippen molar-refractivity contribution in [1.29, 1.82) is 0 Å². The highest BCUT2D eigenvalue weighted by Gasteiger charge is 2.23. The van der Waals surface area contributed by atoms with Crippen LogP contribution >= 0.6 is 0 Å². The molecule has 1 aromatic heterocycles. The lowest BCUT2D eigenvalue weighted by atomic mass is 10.00. The van der Waals surface area contributed by atoms with Gasteiger partial charge in [-0.2, -0.15) is 5.10 Å². The van der Waals surface area contributed by atoms with Crippen LogP contribution in [0.4, 0.5) is 0 Å². The summed E-state index contributed by atoms with van der Waals surface area (Å²) in [5.74, 6) is 1.60. The van der Waals surface area contributed by atoms with Gasteiger partial charge in [-0.15, -0.1) is 0 Å². The van der Waals surface area contributed by atoms with Crippen LogP contribution in [0.25, 0.3) is 11.3 Å². The Morgan fingerprint density at radius 2 is 1.90 bits per heavy atom. The van der Waals surface area contributed by atoms with Gasteiger partial charge < -0.3 is 9.47 Å². The number of nitrogens with one attached hydrogen (secondary N) is 1. The highest BCUT2D eigenvalue weighted by atomic mass is 16.5. The van der Waals surface area contributed by atoms with Crippen molar-refractivity contribution in [2.24, 2.45) is 0 Å². The van der Waals surface area contributed by atoms with Crippen molar-refractivity contribution in [3.05, 3.63) is 65.4 Å². The predicted molar refractivity (Wildman–Crippen MR) is 120 cm³/mol. The first-order valence-electron chi connectivity index (χ1n) is 11.0. The van der Waals surface area contributed by atoms with E-state index < -0.39 is 0 Å². The molecule has 5 heteroatoms. The number of fused-ring (bicyclic) bond motifs is 1. The van der Waals surface area contributed by atoms with Gasteiger partial charge in [-0.3, -0.25) is 10.00 Å². The number of unbranched alkanes of at least 4 members (excludes halogenated alkanes) is 1. The van der Waals surface area contributed by atoms with Gasteiger partial charge >= 0.3 is 0 Å². The second-order valence-electron chi connectivity index (χ2n) is 7.77. The molecule has 1 N–H and O–H groups in total. The standard InChI is InChI=1S/C25H31N3O2/c1-3-5-15-30-23-12-11-20(16-24(23)29-4-2)25-21-18-28(14-13-22(21)26-27-25)17-19-9-7-6-8-10-19/h6-12,16H,3-5,13-15,17-18H2,1-2H3,(H,26,27). The summed E-state index contributed by atoms with van der Waals surface area (Å²) in [5.41, 5.74) is 5.97. The smallest absolute Gasteiger partial charge is 0.161 e. The van der Waals surface area contributed by atoms with Crippen molar-refractivity contribution in [3.63, 3.8) is 0 Å². The van der Waals surface area contributed by atoms with Gasteiger partial charge in [0.25, 0.3) is 0 Å². The van der Waals surface area contributed by atoms with E-state index in [9.17, 15) is 0 Å². The maximum absolute atomic E-state index is 5.94. The molecule has 0 fully saturated rings. The van der Waals surface area contributed by atoms with E-state index >= 15 is 0 Å². The third kappa shape index (κ3) is 4.68. The molecule has 1 aliphatic rings. The molecule has 2 aromatic carbocycles. The van der Waals surface area contributed by atoms with Gasteiger partial charge in [-0.1, -0.05) is 43.7 Å². The molecule has 30 heavy (non-hydrogen) atoms. The zero-order valence-corrected chi connectivity index (χ0v) is 18.0. The quantitative estimate of drug-likeness (QED) is 0.496. The van der Waals surface area contributed by atoms with Crippen LogP contribution in [0.15, 0.2) is 48.5 Å². The van der Waals surface area contributed by atoms with Gasteiger partial charge in [0.15, 0.2) is 11.5 Å². The van der Waals surface area contributed by atoms with Crippen molar-refractivity contribution < 1.29 is 9.47 Å². The van der Waals surface area contributed by atoms with Crippen LogP contribution in [-0.2, 0) is 19.5 Å². The molecule has 0 bridgehead atoms. The molecular formula is C25H31N3O2. The van der Waals surface area contributed by atoms with Crippen molar-refractivity contribution in [2.45, 2.75) is 46.2 Å². The topological polar surface area (TPSA) is 50.4 Å². The van der Waals surface area contributed by atoms with Crippen LogP contribution in [0.5, 0.6) is 11.5 Å². The second kappa shape index (κ2) is 9.81. The van der Waals surface area contributed by atoms with Crippen LogP contribution in [0.3, 0.4) is 0 Å². The fraction of sp³-hybridized carbons (Fsp3) is 0.400. The number of nitrogens with zero attached hydrogens (tertiary/aromatic N) is 2. The van der Waals surface area contributed by atoms with Crippen LogP contribution in [-0.4, -0.2) is 34.9 Å². The largest absolute Gasteiger partial charge is 0.490 e. The van der Waals surface area contributed by atoms with Crippen LogP contribution in [0, 0.1) is 0 Å². The molecule has 158 valence electrons. The summed E-state index contributed by atoms with van der Waals surface area (Å²) >= 11 is 0. The highest BCUT2D eigenvalue weighted by Crippen LogP contribution is 2.35. The average molecular weight is 406 g/mol. The fourth-order valence-corrected chi connectivity index (χ4v) is 3.94. The Morgan fingerprint density at radius 1 is 1.03 bits per heavy atom. The second-order valence-corrected chi connectivity index (χ2v) is 7.77. The van der Waals surface area contributed by atoms with E-state index in [-0.39, 0.29) is 0 Å². The molecular weight excluding hydrogens is 374 g/mol. The lowest BCUT2D eigenvalue weighted by Gasteiger charge is -2.27. The van der Waals surface area contributed by atoms with Crippen LogP contribution < -0.4 is 9.47 Å². The summed E-state index contributed by atoms with van der Waals surface area (Å²) in [5, 5.41) is 7.94. The lowest BCUT2D eigenvalue weighted by Crippen LogP contribution is -2.29. The van der Waals surface area contributed by atoms with E-state index in [1.165, 1.54) is 16.8 Å². The van der Waals surface area contributed by atoms with E-state index in [4.69, 9.17) is 9.47 Å². The molecule has 0 amide bonds. The average Bonchev–Trinajstić information content (AvgIpc) is 3.19. The van der Waals surface area contributed by atoms with Gasteiger partial charge in [0, 0.05) is 42.9 Å². The van der Waals surface area contributed by atoms with Crippen molar-refractivity contribution in [3.8, 4) is 22.8 Å². The van der Waals surface area contributed by atoms with E-state index in [0.29, 0.717) is 13.2 Å². The zero-order chi connectivity index (χ0) is 20.8. The minimum Gasteiger partial charge on any atom is -0.490 e. The molecule has 0 spiro atoms. The molecule has 0 aliphatic carbocycles. The number of rotatable bonds is 9. The molecule has 0 saturated carbocycles. The minimum atomic E-state index is 0.608. The fourth-order valence-electron chi connectivity index (χ4n) is 3.94. The summed E-state index contributed by atoms with van der Waals surface area (Å²) in [6.45, 7) is 8.38. The summed E-state index contributed by atoms with van der Waals surface area (Å²) < 4.78 is 11.8. The van der Waals surface area contributed by atoms with Crippen LogP contribution in [0.1, 0.15) is 43.5 Å². The SMILES string of the molecule is CCCCOc1ccc(-c2n[nH]c3c2CN(Cc2ccccc2)CC3)cc1OCC. The monoisotopic (exact) mass is 405 g/mol. The Balaban J connectivity index is 1.55. The number of ether oxygens (including phenoxy) is 2. The van der Waals surface area contributed by atoms with Crippen molar-refractivity contribution >= 4 is 0 Å². The number of aromatic nitrogens is 2. The van der Waals surface area contributed by atoms with Gasteiger partial charge in [0.2, 0.25) is 0 Å². The Labute approximate surface area is 179 Å². The predicted octanol–water partition coefficient (Wildman–Crippen LogP) is 5.21. The minimum absolute atomic E-state index is 0.608. The van der Waals surface area contributed by atoms with E-state index in [0.717, 1.165) is 61.7 Å². The molecule has 0 unspecified atom stereocenters. The van der Waals surface area contributed by atoms with Crippen LogP contribution in [0.2, 0.25) is 0 Å². The number of hydrogen-bond acceptors (Lipinski definition) is 4. The molecule has 2 heterocycles. The normalized spacial score (nSPS) is 13.8. The Kier molecular flexibility index (Phi) is 6.70. The maximum atomic E-state index is 5.94. The van der Waals surface area contributed by atoms with Gasteiger partial charge in [0.1, 0.15) is 0 Å². The molecule has 0 atom stereocenters. The molecule has 0 radical (unpaired) electrons. The molecule has 5 nitrogen and oxygen atoms in total. The number of H-pyrrole nitrogens is 1. The first-order chi connectivity index (χ1) is 14.8. The van der Waals surface area contributed by atoms with E-state index in [2.05, 4.69) is 64.5 Å². The summed E-state index contributed by atoms with van der Waals surface area (Å²) in [4.78, 5) is 2.49. The van der Waals surface area contributed by atoms with Gasteiger partial charge in [-0.25, -0.2) is 0 Å². The highest BCUT2D eigenvalue weighted by molar-refractivity contribution is 5.68. The van der Waals surface area contributed by atoms with Gasteiger partial charge in [-0.05, 0) is 37.1 Å². The summed E-state index contributed by atoms with van der Waals surface area (Å²) in [6.07, 6.45) is 3.14. The van der Waals surface area contributed by atoms with Crippen molar-refractivity contribution in [1.82, 2.24) is 15.1 Å². The summed E-state index contributed by atoms with van der Waals surface area (Å²) in [7, 11) is 0. The molecule has 4 rings (SSSR count). The van der Waals surface area contributed by atoms with E-state index in [1.54, 1.807) is 0 Å². The Morgan fingerprint density at radius 3 is 2.70 bits per heavy atom. The third-order valence-corrected chi connectivity index (χ3v) is 5.53. The first-order valence-corrected chi connectivity index (χ1v) is 11.0. The first kappa shape index (κ1) is 20.5. The lowest BCUT2D eigenvalue weighted by molar-refractivity contribution is 0.245.